The molecular weight excluding hydrogens is 276 g/mol. The molecule has 0 radical (unpaired) electrons. The number of hydrogen-bond donors (Lipinski definition) is 1. The Morgan fingerprint density at radius 1 is 1.50 bits per heavy atom. The van der Waals surface area contributed by atoms with Crippen molar-refractivity contribution in [1.29, 1.82) is 0 Å². The maximum absolute atomic E-state index is 11.9. The number of aromatic nitrogens is 2. The standard InChI is InChI=1S/C10H7BrN2O3/c1-16-10(15)5-4-12-6-2-3-7(11)13-8(6)9(5)14/h2-4H,1H3,(H,12,14). The summed E-state index contributed by atoms with van der Waals surface area (Å²) in [4.78, 5) is 30.0. The number of hydrogen-bond acceptors (Lipinski definition) is 4. The van der Waals surface area contributed by atoms with Crippen molar-refractivity contribution in [2.45, 2.75) is 0 Å². The molecule has 0 aromatic carbocycles. The van der Waals surface area contributed by atoms with E-state index in [-0.39, 0.29) is 11.1 Å². The van der Waals surface area contributed by atoms with Crippen molar-refractivity contribution in [3.05, 3.63) is 38.7 Å². The Labute approximate surface area is 98.6 Å². The summed E-state index contributed by atoms with van der Waals surface area (Å²) in [7, 11) is 1.22. The molecule has 0 fully saturated rings. The number of nitrogens with zero attached hydrogens (tertiary/aromatic N) is 1. The second-order valence-electron chi connectivity index (χ2n) is 3.05. The molecular formula is C10H7BrN2O3. The van der Waals surface area contributed by atoms with E-state index in [1.54, 1.807) is 12.1 Å². The minimum Gasteiger partial charge on any atom is -0.465 e. The molecule has 0 saturated heterocycles. The highest BCUT2D eigenvalue weighted by Crippen LogP contribution is 2.11. The average molecular weight is 283 g/mol. The number of ether oxygens (including phenoxy) is 1. The first-order valence-electron chi connectivity index (χ1n) is 4.39. The monoisotopic (exact) mass is 282 g/mol. The van der Waals surface area contributed by atoms with Crippen LogP contribution >= 0.6 is 15.9 Å². The highest BCUT2D eigenvalue weighted by molar-refractivity contribution is 9.10. The molecule has 0 atom stereocenters. The van der Waals surface area contributed by atoms with Gasteiger partial charge < -0.3 is 9.72 Å². The highest BCUT2D eigenvalue weighted by atomic mass is 79.9. The van der Waals surface area contributed by atoms with Crippen LogP contribution in [0, 0.1) is 0 Å². The predicted molar refractivity (Wildman–Crippen MR) is 61.4 cm³/mol. The summed E-state index contributed by atoms with van der Waals surface area (Å²) in [6, 6.07) is 3.41. The van der Waals surface area contributed by atoms with E-state index in [2.05, 4.69) is 30.6 Å². The quantitative estimate of drug-likeness (QED) is 0.635. The zero-order chi connectivity index (χ0) is 11.7. The number of nitrogens with one attached hydrogen (secondary N) is 1. The van der Waals surface area contributed by atoms with Gasteiger partial charge in [0, 0.05) is 6.20 Å². The summed E-state index contributed by atoms with van der Waals surface area (Å²) in [5.41, 5.74) is 0.278. The van der Waals surface area contributed by atoms with Crippen LogP contribution in [-0.2, 0) is 4.74 Å². The van der Waals surface area contributed by atoms with Gasteiger partial charge in [0.15, 0.2) is 0 Å². The maximum Gasteiger partial charge on any atom is 0.343 e. The van der Waals surface area contributed by atoms with Gasteiger partial charge in [-0.1, -0.05) is 0 Å². The van der Waals surface area contributed by atoms with Crippen molar-refractivity contribution < 1.29 is 9.53 Å². The van der Waals surface area contributed by atoms with Gasteiger partial charge >= 0.3 is 5.97 Å². The summed E-state index contributed by atoms with van der Waals surface area (Å²) in [6.45, 7) is 0. The molecule has 6 heteroatoms. The molecule has 2 heterocycles. The molecule has 0 saturated carbocycles. The third kappa shape index (κ3) is 1.71. The van der Waals surface area contributed by atoms with E-state index in [1.165, 1.54) is 13.3 Å². The lowest BCUT2D eigenvalue weighted by molar-refractivity contribution is 0.0599. The van der Waals surface area contributed by atoms with Crippen LogP contribution in [0.5, 0.6) is 0 Å². The Kier molecular flexibility index (Phi) is 2.74. The van der Waals surface area contributed by atoms with Crippen molar-refractivity contribution >= 4 is 32.9 Å². The molecule has 0 aliphatic carbocycles. The average Bonchev–Trinajstić information content (AvgIpc) is 2.29. The number of H-pyrrole nitrogens is 1. The van der Waals surface area contributed by atoms with Crippen molar-refractivity contribution in [2.75, 3.05) is 7.11 Å². The summed E-state index contributed by atoms with van der Waals surface area (Å²) in [5, 5.41) is 0. The number of pyridine rings is 2. The van der Waals surface area contributed by atoms with Crippen LogP contribution in [0.4, 0.5) is 0 Å². The van der Waals surface area contributed by atoms with E-state index in [4.69, 9.17) is 0 Å². The van der Waals surface area contributed by atoms with Gasteiger partial charge in [0.05, 0.1) is 12.6 Å². The predicted octanol–water partition coefficient (Wildman–Crippen LogP) is 1.47. The Hall–Kier alpha value is -1.69. The fourth-order valence-electron chi connectivity index (χ4n) is 1.33. The number of esters is 1. The Morgan fingerprint density at radius 3 is 2.94 bits per heavy atom. The molecule has 5 nitrogen and oxygen atoms in total. The number of fused-ring (bicyclic) bond motifs is 1. The van der Waals surface area contributed by atoms with Gasteiger partial charge in [0.2, 0.25) is 5.43 Å². The van der Waals surface area contributed by atoms with E-state index in [1.807, 2.05) is 0 Å². The molecule has 2 aromatic heterocycles. The molecule has 0 bridgehead atoms. The lowest BCUT2D eigenvalue weighted by Gasteiger charge is -2.01. The number of halogens is 1. The van der Waals surface area contributed by atoms with Crippen molar-refractivity contribution in [2.24, 2.45) is 0 Å². The van der Waals surface area contributed by atoms with Crippen molar-refractivity contribution in [3.63, 3.8) is 0 Å². The molecule has 0 aliphatic heterocycles. The minimum absolute atomic E-state index is 0.0550. The number of carbonyl (C=O) groups is 1. The summed E-state index contributed by atoms with van der Waals surface area (Å²) in [6.07, 6.45) is 1.33. The zero-order valence-electron chi connectivity index (χ0n) is 8.28. The molecule has 0 spiro atoms. The lowest BCUT2D eigenvalue weighted by Crippen LogP contribution is -2.17. The first kappa shape index (κ1) is 10.8. The van der Waals surface area contributed by atoms with Crippen molar-refractivity contribution in [3.8, 4) is 0 Å². The lowest BCUT2D eigenvalue weighted by atomic mass is 10.2. The smallest absolute Gasteiger partial charge is 0.343 e. The largest absolute Gasteiger partial charge is 0.465 e. The molecule has 82 valence electrons. The molecule has 0 aliphatic rings. The fraction of sp³-hybridized carbons (Fsp3) is 0.100. The van der Waals surface area contributed by atoms with Crippen LogP contribution in [0.3, 0.4) is 0 Å². The second kappa shape index (κ2) is 4.05. The number of rotatable bonds is 1. The van der Waals surface area contributed by atoms with Crippen LogP contribution in [0.25, 0.3) is 11.0 Å². The molecule has 0 unspecified atom stereocenters. The Balaban J connectivity index is 2.78. The van der Waals surface area contributed by atoms with E-state index >= 15 is 0 Å². The fourth-order valence-corrected chi connectivity index (χ4v) is 1.64. The molecule has 0 amide bonds. The van der Waals surface area contributed by atoms with Gasteiger partial charge in [0.25, 0.3) is 0 Å². The third-order valence-corrected chi connectivity index (χ3v) is 2.54. The summed E-state index contributed by atoms with van der Waals surface area (Å²) < 4.78 is 5.03. The normalized spacial score (nSPS) is 10.4. The van der Waals surface area contributed by atoms with Gasteiger partial charge in [-0.05, 0) is 28.1 Å². The third-order valence-electron chi connectivity index (χ3n) is 2.10. The summed E-state index contributed by atoms with van der Waals surface area (Å²) in [5.74, 6) is -0.676. The van der Waals surface area contributed by atoms with Gasteiger partial charge in [-0.3, -0.25) is 4.79 Å². The SMILES string of the molecule is COC(=O)c1c[nH]c2ccc(Br)nc2c1=O. The van der Waals surface area contributed by atoms with Gasteiger partial charge in [-0.2, -0.15) is 0 Å². The molecule has 2 rings (SSSR count). The van der Waals surface area contributed by atoms with E-state index in [9.17, 15) is 9.59 Å². The van der Waals surface area contributed by atoms with Crippen LogP contribution in [0.1, 0.15) is 10.4 Å². The minimum atomic E-state index is -0.676. The van der Waals surface area contributed by atoms with Crippen LogP contribution in [0.2, 0.25) is 0 Å². The number of carbonyl (C=O) groups excluding carboxylic acids is 1. The maximum atomic E-state index is 11.9. The van der Waals surface area contributed by atoms with Crippen LogP contribution < -0.4 is 5.43 Å². The first-order valence-corrected chi connectivity index (χ1v) is 5.19. The van der Waals surface area contributed by atoms with Crippen LogP contribution in [0.15, 0.2) is 27.7 Å². The second-order valence-corrected chi connectivity index (χ2v) is 3.87. The van der Waals surface area contributed by atoms with Gasteiger partial charge in [-0.25, -0.2) is 9.78 Å². The molecule has 1 N–H and O–H groups in total. The van der Waals surface area contributed by atoms with E-state index < -0.39 is 11.4 Å². The zero-order valence-corrected chi connectivity index (χ0v) is 9.87. The Bertz CT molecular complexity index is 621. The highest BCUT2D eigenvalue weighted by Gasteiger charge is 2.13. The van der Waals surface area contributed by atoms with Gasteiger partial charge in [-0.15, -0.1) is 0 Å². The topological polar surface area (TPSA) is 72.1 Å². The van der Waals surface area contributed by atoms with E-state index in [0.29, 0.717) is 10.1 Å². The number of methoxy groups -OCH3 is 1. The van der Waals surface area contributed by atoms with Gasteiger partial charge in [0.1, 0.15) is 15.7 Å². The summed E-state index contributed by atoms with van der Waals surface area (Å²) >= 11 is 3.17. The molecule has 16 heavy (non-hydrogen) atoms. The van der Waals surface area contributed by atoms with Crippen molar-refractivity contribution in [1.82, 2.24) is 9.97 Å². The van der Waals surface area contributed by atoms with Crippen LogP contribution in [-0.4, -0.2) is 23.0 Å². The van der Waals surface area contributed by atoms with E-state index in [0.717, 1.165) is 0 Å². The molecule has 2 aromatic rings. The number of aromatic amines is 1. The first-order chi connectivity index (χ1) is 7.63. The Morgan fingerprint density at radius 2 is 2.25 bits per heavy atom.